The van der Waals surface area contributed by atoms with Crippen LogP contribution in [0, 0.1) is 17.6 Å². The molecule has 0 bridgehead atoms. The Morgan fingerprint density at radius 3 is 2.83 bits per heavy atom. The molecule has 1 aromatic heterocycles. The number of primary amides is 1. The molecule has 29 heavy (non-hydrogen) atoms. The van der Waals surface area contributed by atoms with E-state index in [-0.39, 0.29) is 17.4 Å². The van der Waals surface area contributed by atoms with Crippen molar-refractivity contribution >= 4 is 22.6 Å². The fraction of sp³-hybridized carbons (Fsp3) is 0.333. The van der Waals surface area contributed by atoms with E-state index in [4.69, 9.17) is 10.5 Å². The number of anilines is 1. The fourth-order valence-electron chi connectivity index (χ4n) is 3.95. The zero-order valence-electron chi connectivity index (χ0n) is 15.6. The molecule has 1 atom stereocenters. The number of nitrogens with zero attached hydrogens (tertiary/aromatic N) is 2. The number of ether oxygens (including phenoxy) is 1. The lowest BCUT2D eigenvalue weighted by molar-refractivity contribution is -0.119. The normalized spacial score (nSPS) is 16.9. The van der Waals surface area contributed by atoms with Crippen LogP contribution < -0.4 is 15.8 Å². The van der Waals surface area contributed by atoms with E-state index in [0.29, 0.717) is 35.9 Å². The molecule has 0 unspecified atom stereocenters. The summed E-state index contributed by atoms with van der Waals surface area (Å²) in [6.45, 7) is 1.11. The van der Waals surface area contributed by atoms with E-state index < -0.39 is 17.7 Å². The molecule has 2 aromatic carbocycles. The van der Waals surface area contributed by atoms with Crippen molar-refractivity contribution in [2.75, 3.05) is 11.9 Å². The largest absolute Gasteiger partial charge is 0.491 e. The third kappa shape index (κ3) is 3.18. The van der Waals surface area contributed by atoms with Crippen molar-refractivity contribution in [2.45, 2.75) is 31.8 Å². The summed E-state index contributed by atoms with van der Waals surface area (Å²) in [6, 6.07) is 6.68. The van der Waals surface area contributed by atoms with Crippen LogP contribution in [-0.4, -0.2) is 28.1 Å². The summed E-state index contributed by atoms with van der Waals surface area (Å²) in [5.74, 6) is -0.406. The molecule has 2 heterocycles. The summed E-state index contributed by atoms with van der Waals surface area (Å²) >= 11 is 0. The number of hydrogen-bond donors (Lipinski definition) is 2. The number of halogens is 2. The molecule has 1 amide bonds. The summed E-state index contributed by atoms with van der Waals surface area (Å²) in [5.41, 5.74) is 7.84. The van der Waals surface area contributed by atoms with E-state index in [1.807, 2.05) is 16.7 Å². The van der Waals surface area contributed by atoms with Crippen LogP contribution in [-0.2, 0) is 11.3 Å². The molecule has 1 aliphatic heterocycles. The highest BCUT2D eigenvalue weighted by molar-refractivity contribution is 5.91. The Morgan fingerprint density at radius 1 is 1.28 bits per heavy atom. The second-order valence-corrected chi connectivity index (χ2v) is 7.62. The van der Waals surface area contributed by atoms with Gasteiger partial charge in [0.15, 0.2) is 0 Å². The van der Waals surface area contributed by atoms with Gasteiger partial charge >= 0.3 is 0 Å². The molecule has 1 fully saturated rings. The quantitative estimate of drug-likeness (QED) is 0.690. The third-order valence-electron chi connectivity index (χ3n) is 5.48. The van der Waals surface area contributed by atoms with Crippen molar-refractivity contribution in [1.82, 2.24) is 9.55 Å². The summed E-state index contributed by atoms with van der Waals surface area (Å²) in [5, 5.41) is 3.21. The second-order valence-electron chi connectivity index (χ2n) is 7.62. The molecule has 0 radical (unpaired) electrons. The minimum absolute atomic E-state index is 0.234. The van der Waals surface area contributed by atoms with Crippen LogP contribution >= 0.6 is 0 Å². The van der Waals surface area contributed by atoms with Crippen molar-refractivity contribution in [1.29, 1.82) is 0 Å². The van der Waals surface area contributed by atoms with Crippen LogP contribution in [0.25, 0.3) is 22.4 Å². The van der Waals surface area contributed by atoms with Crippen molar-refractivity contribution < 1.29 is 18.3 Å². The van der Waals surface area contributed by atoms with Crippen LogP contribution in [0.2, 0.25) is 0 Å². The van der Waals surface area contributed by atoms with E-state index >= 15 is 0 Å². The van der Waals surface area contributed by atoms with Crippen molar-refractivity contribution in [2.24, 2.45) is 11.7 Å². The number of imidazole rings is 1. The number of amides is 1. The molecule has 8 heteroatoms. The van der Waals surface area contributed by atoms with Crippen molar-refractivity contribution in [3.05, 3.63) is 42.0 Å². The van der Waals surface area contributed by atoms with Crippen LogP contribution in [0.3, 0.4) is 0 Å². The molecule has 0 spiro atoms. The van der Waals surface area contributed by atoms with Gasteiger partial charge < -0.3 is 20.4 Å². The Labute approximate surface area is 165 Å². The van der Waals surface area contributed by atoms with Gasteiger partial charge in [-0.05, 0) is 43.4 Å². The predicted molar refractivity (Wildman–Crippen MR) is 105 cm³/mol. The van der Waals surface area contributed by atoms with Gasteiger partial charge in [0.25, 0.3) is 0 Å². The summed E-state index contributed by atoms with van der Waals surface area (Å²) in [7, 11) is 0. The molecular weight excluding hydrogens is 378 g/mol. The highest BCUT2D eigenvalue weighted by atomic mass is 19.1. The second kappa shape index (κ2) is 6.72. The molecule has 2 aliphatic rings. The van der Waals surface area contributed by atoms with Gasteiger partial charge in [0, 0.05) is 24.4 Å². The minimum Gasteiger partial charge on any atom is -0.491 e. The monoisotopic (exact) mass is 398 g/mol. The fourth-order valence-corrected chi connectivity index (χ4v) is 3.95. The number of aromatic nitrogens is 2. The lowest BCUT2D eigenvalue weighted by atomic mass is 10.1. The molecule has 1 saturated carbocycles. The molecule has 6 nitrogen and oxygen atoms in total. The first-order valence-corrected chi connectivity index (χ1v) is 9.69. The van der Waals surface area contributed by atoms with Crippen LogP contribution in [0.15, 0.2) is 30.3 Å². The Kier molecular flexibility index (Phi) is 4.15. The molecule has 1 aliphatic carbocycles. The maximum atomic E-state index is 14.4. The molecular formula is C21H20F2N4O2. The summed E-state index contributed by atoms with van der Waals surface area (Å²) < 4.78 is 35.6. The maximum absolute atomic E-state index is 14.4. The van der Waals surface area contributed by atoms with Crippen LogP contribution in [0.5, 0.6) is 5.75 Å². The number of nitrogens with two attached hydrogens (primary N) is 1. The Hall–Kier alpha value is -3.16. The number of rotatable bonds is 5. The lowest BCUT2D eigenvalue weighted by Crippen LogP contribution is -2.37. The number of carbonyl (C=O) groups excluding carboxylic acids is 1. The first-order chi connectivity index (χ1) is 14.0. The minimum atomic E-state index is -0.663. The lowest BCUT2D eigenvalue weighted by Gasteiger charge is -2.17. The Bertz CT molecular complexity index is 1120. The van der Waals surface area contributed by atoms with E-state index in [2.05, 4.69) is 10.3 Å². The Morgan fingerprint density at radius 2 is 2.10 bits per heavy atom. The van der Waals surface area contributed by atoms with Gasteiger partial charge in [0.05, 0.1) is 17.7 Å². The van der Waals surface area contributed by atoms with Gasteiger partial charge in [-0.25, -0.2) is 13.8 Å². The number of carbonyl (C=O) groups is 1. The summed E-state index contributed by atoms with van der Waals surface area (Å²) in [4.78, 5) is 16.4. The van der Waals surface area contributed by atoms with Gasteiger partial charge in [-0.15, -0.1) is 0 Å². The molecule has 3 aromatic rings. The zero-order valence-corrected chi connectivity index (χ0v) is 15.6. The predicted octanol–water partition coefficient (Wildman–Crippen LogP) is 3.44. The number of aryl methyl sites for hydroxylation is 1. The first-order valence-electron chi connectivity index (χ1n) is 9.69. The highest BCUT2D eigenvalue weighted by Gasteiger charge is 2.35. The average molecular weight is 398 g/mol. The number of hydrogen-bond acceptors (Lipinski definition) is 4. The SMILES string of the molecule is NC(=O)[C@@H](Nc1cc2c3c(c1)nc(-c1ccc(F)cc1F)n3CCCO2)C1CC1. The maximum Gasteiger partial charge on any atom is 0.240 e. The standard InChI is InChI=1S/C21H20F2N4O2/c22-12-4-5-14(15(23)8-12)21-26-16-9-13(25-18(20(24)28)11-2-3-11)10-17-19(16)27(21)6-1-7-29-17/h4-5,8-11,18,25H,1-3,6-7H2,(H2,24,28)/t18-/m0/s1. The molecule has 3 N–H and O–H groups in total. The van der Waals surface area contributed by atoms with Crippen LogP contribution in [0.4, 0.5) is 14.5 Å². The van der Waals surface area contributed by atoms with Gasteiger partial charge in [-0.3, -0.25) is 4.79 Å². The smallest absolute Gasteiger partial charge is 0.240 e. The van der Waals surface area contributed by atoms with E-state index in [0.717, 1.165) is 30.8 Å². The average Bonchev–Trinajstić information content (AvgIpc) is 3.46. The summed E-state index contributed by atoms with van der Waals surface area (Å²) in [6.07, 6.45) is 2.66. The zero-order chi connectivity index (χ0) is 20.1. The Balaban J connectivity index is 1.63. The third-order valence-corrected chi connectivity index (χ3v) is 5.48. The van der Waals surface area contributed by atoms with Gasteiger partial charge in [-0.2, -0.15) is 0 Å². The number of nitrogens with one attached hydrogen (secondary N) is 1. The van der Waals surface area contributed by atoms with E-state index in [1.165, 1.54) is 12.1 Å². The highest BCUT2D eigenvalue weighted by Crippen LogP contribution is 2.38. The van der Waals surface area contributed by atoms with Crippen molar-refractivity contribution in [3.63, 3.8) is 0 Å². The van der Waals surface area contributed by atoms with E-state index in [1.54, 1.807) is 0 Å². The first kappa shape index (κ1) is 17.9. The van der Waals surface area contributed by atoms with Gasteiger partial charge in [0.2, 0.25) is 5.91 Å². The molecule has 150 valence electrons. The molecule has 5 rings (SSSR count). The van der Waals surface area contributed by atoms with Gasteiger partial charge in [0.1, 0.15) is 34.8 Å². The van der Waals surface area contributed by atoms with Crippen molar-refractivity contribution in [3.8, 4) is 17.1 Å². The van der Waals surface area contributed by atoms with Gasteiger partial charge in [-0.1, -0.05) is 0 Å². The molecule has 0 saturated heterocycles. The van der Waals surface area contributed by atoms with Crippen LogP contribution in [0.1, 0.15) is 19.3 Å². The van der Waals surface area contributed by atoms with E-state index in [9.17, 15) is 13.6 Å². The topological polar surface area (TPSA) is 82.2 Å². The number of benzene rings is 2.